The zero-order valence-electron chi connectivity index (χ0n) is 19.4. The second-order valence-corrected chi connectivity index (χ2v) is 9.97. The van der Waals surface area contributed by atoms with Crippen LogP contribution >= 0.6 is 0 Å². The molecular formula is C22H40O9. The van der Waals surface area contributed by atoms with Crippen LogP contribution < -0.4 is 0 Å². The summed E-state index contributed by atoms with van der Waals surface area (Å²) in [6, 6.07) is 0. The van der Waals surface area contributed by atoms with Gasteiger partial charge in [0.15, 0.2) is 12.6 Å². The average molecular weight is 449 g/mol. The molecule has 0 amide bonds. The molecule has 3 aliphatic rings. The lowest BCUT2D eigenvalue weighted by Crippen LogP contribution is -2.58. The Labute approximate surface area is 184 Å². The molecule has 0 spiro atoms. The van der Waals surface area contributed by atoms with Gasteiger partial charge in [0.25, 0.3) is 0 Å². The molecule has 0 saturated carbocycles. The second-order valence-electron chi connectivity index (χ2n) is 9.97. The van der Waals surface area contributed by atoms with Gasteiger partial charge in [-0.3, -0.25) is 0 Å². The first-order valence-corrected chi connectivity index (χ1v) is 11.4. The van der Waals surface area contributed by atoms with Gasteiger partial charge in [-0.1, -0.05) is 13.8 Å². The first kappa shape index (κ1) is 25.3. The molecule has 12 unspecified atom stereocenters. The fourth-order valence-corrected chi connectivity index (χ4v) is 4.67. The maximum absolute atomic E-state index is 10.6. The van der Waals surface area contributed by atoms with E-state index in [1.165, 1.54) is 0 Å². The minimum Gasteiger partial charge on any atom is -0.388 e. The average Bonchev–Trinajstić information content (AvgIpc) is 2.66. The molecule has 3 saturated heterocycles. The van der Waals surface area contributed by atoms with Crippen LogP contribution in [0.4, 0.5) is 0 Å². The second kappa shape index (κ2) is 9.87. The third-order valence-electron chi connectivity index (χ3n) is 6.79. The van der Waals surface area contributed by atoms with E-state index in [-0.39, 0.29) is 25.0 Å². The summed E-state index contributed by atoms with van der Waals surface area (Å²) in [5, 5.41) is 41.7. The summed E-state index contributed by atoms with van der Waals surface area (Å²) in [5.41, 5.74) is -1.35. The summed E-state index contributed by atoms with van der Waals surface area (Å²) in [5.74, 6) is 0.290. The predicted octanol–water partition coefficient (Wildman–Crippen LogP) is 0.694. The van der Waals surface area contributed by atoms with Crippen LogP contribution in [0.15, 0.2) is 0 Å². The largest absolute Gasteiger partial charge is 0.388 e. The van der Waals surface area contributed by atoms with E-state index in [0.29, 0.717) is 12.3 Å². The maximum Gasteiger partial charge on any atom is 0.161 e. The van der Waals surface area contributed by atoms with Crippen LogP contribution in [-0.2, 0) is 23.7 Å². The lowest BCUT2D eigenvalue weighted by atomic mass is 9.89. The van der Waals surface area contributed by atoms with Gasteiger partial charge in [-0.15, -0.1) is 0 Å². The third-order valence-corrected chi connectivity index (χ3v) is 6.79. The van der Waals surface area contributed by atoms with Gasteiger partial charge >= 0.3 is 0 Å². The van der Waals surface area contributed by atoms with Gasteiger partial charge in [-0.2, -0.15) is 0 Å². The normalized spacial score (nSPS) is 51.8. The van der Waals surface area contributed by atoms with Crippen molar-refractivity contribution >= 4 is 0 Å². The van der Waals surface area contributed by atoms with E-state index in [1.54, 1.807) is 20.8 Å². The van der Waals surface area contributed by atoms with Gasteiger partial charge in [-0.05, 0) is 33.6 Å². The van der Waals surface area contributed by atoms with Crippen molar-refractivity contribution in [1.29, 1.82) is 0 Å². The van der Waals surface area contributed by atoms with E-state index in [0.717, 1.165) is 0 Å². The minimum atomic E-state index is -1.35. The Morgan fingerprint density at radius 2 is 1.32 bits per heavy atom. The molecule has 4 N–H and O–H groups in total. The highest BCUT2D eigenvalue weighted by molar-refractivity contribution is 4.92. The summed E-state index contributed by atoms with van der Waals surface area (Å²) in [6.07, 6.45) is -5.91. The van der Waals surface area contributed by atoms with Crippen molar-refractivity contribution in [2.45, 2.75) is 134 Å². The topological polar surface area (TPSA) is 127 Å². The molecule has 0 aliphatic carbocycles. The Hall–Kier alpha value is -0.360. The standard InChI is InChI=1S/C22H40O9/c1-10(2)14-7-15(19(23)11(3)27-14)30-17-8-16(20(24)12(4)28-17)31-18-9-22(6,26)21(25)13(5)29-18/h10-21,23-26H,7-9H2,1-6H3. The first-order valence-electron chi connectivity index (χ1n) is 11.4. The lowest BCUT2D eigenvalue weighted by molar-refractivity contribution is -0.327. The molecule has 9 heteroatoms. The smallest absolute Gasteiger partial charge is 0.161 e. The number of hydrogen-bond donors (Lipinski definition) is 4. The molecule has 0 bridgehead atoms. The zero-order valence-corrected chi connectivity index (χ0v) is 19.4. The van der Waals surface area contributed by atoms with E-state index in [9.17, 15) is 20.4 Å². The van der Waals surface area contributed by atoms with E-state index >= 15 is 0 Å². The van der Waals surface area contributed by atoms with Crippen molar-refractivity contribution in [3.8, 4) is 0 Å². The van der Waals surface area contributed by atoms with Gasteiger partial charge in [0.1, 0.15) is 18.3 Å². The van der Waals surface area contributed by atoms with Crippen molar-refractivity contribution < 1.29 is 44.1 Å². The van der Waals surface area contributed by atoms with Crippen LogP contribution in [0.25, 0.3) is 0 Å². The number of rotatable bonds is 5. The Bertz CT molecular complexity index is 585. The van der Waals surface area contributed by atoms with Crippen molar-refractivity contribution in [2.24, 2.45) is 5.92 Å². The molecule has 0 radical (unpaired) electrons. The van der Waals surface area contributed by atoms with Gasteiger partial charge in [0.05, 0.1) is 42.2 Å². The fourth-order valence-electron chi connectivity index (χ4n) is 4.67. The van der Waals surface area contributed by atoms with E-state index in [1.807, 2.05) is 6.92 Å². The highest BCUT2D eigenvalue weighted by Gasteiger charge is 2.47. The highest BCUT2D eigenvalue weighted by atomic mass is 16.7. The molecular weight excluding hydrogens is 408 g/mol. The first-order chi connectivity index (χ1) is 14.4. The third kappa shape index (κ3) is 5.77. The highest BCUT2D eigenvalue weighted by Crippen LogP contribution is 2.34. The summed E-state index contributed by atoms with van der Waals surface area (Å²) in [4.78, 5) is 0. The van der Waals surface area contributed by atoms with Gasteiger partial charge in [-0.25, -0.2) is 0 Å². The maximum atomic E-state index is 10.6. The Kier molecular flexibility index (Phi) is 8.04. The Balaban J connectivity index is 1.63. The molecule has 0 aromatic carbocycles. The summed E-state index contributed by atoms with van der Waals surface area (Å²) in [6.45, 7) is 10.9. The van der Waals surface area contributed by atoms with E-state index in [2.05, 4.69) is 13.8 Å². The van der Waals surface area contributed by atoms with Crippen LogP contribution in [-0.4, -0.2) is 93.5 Å². The molecule has 31 heavy (non-hydrogen) atoms. The molecule has 9 nitrogen and oxygen atoms in total. The number of ether oxygens (including phenoxy) is 5. The van der Waals surface area contributed by atoms with Crippen molar-refractivity contribution in [2.75, 3.05) is 0 Å². The monoisotopic (exact) mass is 448 g/mol. The summed E-state index contributed by atoms with van der Waals surface area (Å²) < 4.78 is 29.6. The zero-order chi connectivity index (χ0) is 23.1. The fraction of sp³-hybridized carbons (Fsp3) is 1.00. The van der Waals surface area contributed by atoms with E-state index < -0.39 is 60.9 Å². The Morgan fingerprint density at radius 3 is 1.90 bits per heavy atom. The van der Waals surface area contributed by atoms with Crippen LogP contribution in [0, 0.1) is 5.92 Å². The van der Waals surface area contributed by atoms with Crippen molar-refractivity contribution in [3.05, 3.63) is 0 Å². The SMILES string of the molecule is CC(C)C1CC(OC2CC(OC3CC(C)(O)C(O)C(C)O3)C(O)C(C)O2)C(O)C(C)O1. The molecule has 182 valence electrons. The van der Waals surface area contributed by atoms with Crippen molar-refractivity contribution in [1.82, 2.24) is 0 Å². The summed E-state index contributed by atoms with van der Waals surface area (Å²) >= 11 is 0. The quantitative estimate of drug-likeness (QED) is 0.480. The predicted molar refractivity (Wildman–Crippen MR) is 110 cm³/mol. The number of aliphatic hydroxyl groups is 4. The van der Waals surface area contributed by atoms with Crippen LogP contribution in [0.5, 0.6) is 0 Å². The lowest BCUT2D eigenvalue weighted by Gasteiger charge is -2.46. The summed E-state index contributed by atoms with van der Waals surface area (Å²) in [7, 11) is 0. The molecule has 0 aromatic rings. The van der Waals surface area contributed by atoms with Crippen LogP contribution in [0.2, 0.25) is 0 Å². The minimum absolute atomic E-state index is 0.0205. The molecule has 12 atom stereocenters. The van der Waals surface area contributed by atoms with Crippen molar-refractivity contribution in [3.63, 3.8) is 0 Å². The molecule has 3 aliphatic heterocycles. The molecule has 3 heterocycles. The molecule has 3 rings (SSSR count). The number of aliphatic hydroxyl groups excluding tert-OH is 3. The van der Waals surface area contributed by atoms with E-state index in [4.69, 9.17) is 23.7 Å². The molecule has 0 aromatic heterocycles. The van der Waals surface area contributed by atoms with Gasteiger partial charge in [0, 0.05) is 19.3 Å². The van der Waals surface area contributed by atoms with Gasteiger partial charge < -0.3 is 44.1 Å². The molecule has 3 fully saturated rings. The number of hydrogen-bond acceptors (Lipinski definition) is 9. The van der Waals surface area contributed by atoms with Gasteiger partial charge in [0.2, 0.25) is 0 Å². The van der Waals surface area contributed by atoms with Crippen LogP contribution in [0.3, 0.4) is 0 Å². The van der Waals surface area contributed by atoms with Crippen LogP contribution in [0.1, 0.15) is 60.8 Å². The Morgan fingerprint density at radius 1 is 0.806 bits per heavy atom.